The standard InChI is InChI=1S/C23H17FN6O3/c1-13(14-6-8-15(9-7-14)17-4-2-3-5-18(17)24)30-20-19(11-26-30)27-23(28-21(20)31)29-12-16(10-25-29)22(32)33/h2-13H,1H3,(H,32,33)(H,27,28,31)/t13-/m1/s1. The molecule has 10 heteroatoms. The van der Waals surface area contributed by atoms with E-state index in [2.05, 4.69) is 20.2 Å². The Hall–Kier alpha value is -4.60. The van der Waals surface area contributed by atoms with Crippen molar-refractivity contribution in [2.75, 3.05) is 0 Å². The van der Waals surface area contributed by atoms with Crippen LogP contribution in [0.25, 0.3) is 28.1 Å². The maximum absolute atomic E-state index is 14.1. The van der Waals surface area contributed by atoms with Gasteiger partial charge >= 0.3 is 5.97 Å². The van der Waals surface area contributed by atoms with Gasteiger partial charge in [-0.15, -0.1) is 0 Å². The summed E-state index contributed by atoms with van der Waals surface area (Å²) in [4.78, 5) is 19.5. The van der Waals surface area contributed by atoms with Crippen LogP contribution in [0.5, 0.6) is 5.88 Å². The zero-order chi connectivity index (χ0) is 23.1. The summed E-state index contributed by atoms with van der Waals surface area (Å²) >= 11 is 0. The summed E-state index contributed by atoms with van der Waals surface area (Å²) in [6, 6.07) is 13.7. The average Bonchev–Trinajstić information content (AvgIpc) is 3.47. The van der Waals surface area contributed by atoms with Crippen molar-refractivity contribution in [1.29, 1.82) is 0 Å². The highest BCUT2D eigenvalue weighted by Gasteiger charge is 2.19. The van der Waals surface area contributed by atoms with Gasteiger partial charge in [-0.3, -0.25) is 4.68 Å². The summed E-state index contributed by atoms with van der Waals surface area (Å²) in [5.74, 6) is -1.71. The van der Waals surface area contributed by atoms with Crippen molar-refractivity contribution < 1.29 is 19.4 Å². The zero-order valence-electron chi connectivity index (χ0n) is 17.3. The van der Waals surface area contributed by atoms with Crippen molar-refractivity contribution >= 4 is 17.0 Å². The van der Waals surface area contributed by atoms with Gasteiger partial charge in [-0.2, -0.15) is 15.2 Å². The minimum absolute atomic E-state index is 0.0222. The first-order valence-electron chi connectivity index (χ1n) is 10.00. The second kappa shape index (κ2) is 7.83. The molecule has 5 aromatic rings. The highest BCUT2D eigenvalue weighted by atomic mass is 19.1. The lowest BCUT2D eigenvalue weighted by Crippen LogP contribution is -2.09. The van der Waals surface area contributed by atoms with Crippen molar-refractivity contribution in [3.63, 3.8) is 0 Å². The van der Waals surface area contributed by atoms with E-state index in [1.54, 1.807) is 22.9 Å². The normalized spacial score (nSPS) is 12.2. The Kier molecular flexibility index (Phi) is 4.82. The Labute approximate surface area is 186 Å². The summed E-state index contributed by atoms with van der Waals surface area (Å²) in [5, 5.41) is 28.0. The number of nitrogens with zero attached hydrogens (tertiary/aromatic N) is 6. The largest absolute Gasteiger partial charge is 0.492 e. The minimum atomic E-state index is -1.13. The van der Waals surface area contributed by atoms with Gasteiger partial charge in [-0.05, 0) is 24.1 Å². The number of hydrogen-bond acceptors (Lipinski definition) is 6. The second-order valence-electron chi connectivity index (χ2n) is 7.43. The smallest absolute Gasteiger partial charge is 0.338 e. The molecule has 2 N–H and O–H groups in total. The number of aromatic carboxylic acids is 1. The number of halogens is 1. The molecule has 33 heavy (non-hydrogen) atoms. The van der Waals surface area contributed by atoms with Gasteiger partial charge in [0, 0.05) is 11.8 Å². The van der Waals surface area contributed by atoms with Crippen LogP contribution in [0, 0.1) is 5.82 Å². The van der Waals surface area contributed by atoms with Gasteiger partial charge in [0.05, 0.1) is 24.0 Å². The molecule has 3 heterocycles. The lowest BCUT2D eigenvalue weighted by atomic mass is 10.0. The van der Waals surface area contributed by atoms with E-state index in [1.165, 1.54) is 29.3 Å². The lowest BCUT2D eigenvalue weighted by Gasteiger charge is -2.15. The van der Waals surface area contributed by atoms with E-state index >= 15 is 0 Å². The molecule has 1 atom stereocenters. The fourth-order valence-corrected chi connectivity index (χ4v) is 3.65. The predicted octanol–water partition coefficient (Wildman–Crippen LogP) is 3.83. The zero-order valence-corrected chi connectivity index (χ0v) is 17.3. The van der Waals surface area contributed by atoms with Crippen molar-refractivity contribution in [1.82, 2.24) is 29.5 Å². The molecule has 0 saturated carbocycles. The molecule has 0 radical (unpaired) electrons. The quantitative estimate of drug-likeness (QED) is 0.423. The van der Waals surface area contributed by atoms with E-state index in [4.69, 9.17) is 5.11 Å². The highest BCUT2D eigenvalue weighted by Crippen LogP contribution is 2.30. The third kappa shape index (κ3) is 3.57. The molecule has 0 aliphatic rings. The number of fused-ring (bicyclic) bond motifs is 1. The van der Waals surface area contributed by atoms with Crippen molar-refractivity contribution in [3.8, 4) is 23.0 Å². The number of carbonyl (C=O) groups is 1. The average molecular weight is 444 g/mol. The first-order valence-corrected chi connectivity index (χ1v) is 10.00. The Morgan fingerprint density at radius 2 is 1.79 bits per heavy atom. The van der Waals surface area contributed by atoms with Gasteiger partial charge in [0.1, 0.15) is 16.9 Å². The SMILES string of the molecule is C[C@H](c1ccc(-c2ccccc2F)cc1)n1ncc2nc(-n3cc(C(=O)O)cn3)nc(O)c21. The first kappa shape index (κ1) is 20.3. The summed E-state index contributed by atoms with van der Waals surface area (Å²) in [6.45, 7) is 1.91. The summed E-state index contributed by atoms with van der Waals surface area (Å²) in [7, 11) is 0. The molecule has 5 rings (SSSR count). The van der Waals surface area contributed by atoms with E-state index in [1.807, 2.05) is 31.2 Å². The Morgan fingerprint density at radius 1 is 1.03 bits per heavy atom. The van der Waals surface area contributed by atoms with E-state index in [-0.39, 0.29) is 29.3 Å². The molecule has 0 unspecified atom stereocenters. The van der Waals surface area contributed by atoms with Crippen LogP contribution < -0.4 is 0 Å². The molecule has 0 spiro atoms. The van der Waals surface area contributed by atoms with Crippen LogP contribution in [-0.2, 0) is 0 Å². The lowest BCUT2D eigenvalue weighted by molar-refractivity contribution is 0.0697. The molecule has 3 aromatic heterocycles. The van der Waals surface area contributed by atoms with E-state index in [9.17, 15) is 14.3 Å². The number of carboxylic acid groups (broad SMARTS) is 1. The molecular formula is C23H17FN6O3. The Bertz CT molecular complexity index is 1490. The molecule has 0 aliphatic heterocycles. The summed E-state index contributed by atoms with van der Waals surface area (Å²) in [5.41, 5.74) is 2.84. The third-order valence-corrected chi connectivity index (χ3v) is 5.39. The molecule has 0 fully saturated rings. The number of hydrogen-bond donors (Lipinski definition) is 2. The van der Waals surface area contributed by atoms with Crippen LogP contribution >= 0.6 is 0 Å². The van der Waals surface area contributed by atoms with E-state index < -0.39 is 5.97 Å². The number of carboxylic acids is 1. The van der Waals surface area contributed by atoms with Gasteiger partial charge in [-0.1, -0.05) is 42.5 Å². The maximum Gasteiger partial charge on any atom is 0.338 e. The fraction of sp³-hybridized carbons (Fsp3) is 0.0870. The molecule has 0 aliphatic carbocycles. The molecule has 0 saturated heterocycles. The number of benzene rings is 2. The number of aromatic hydroxyl groups is 1. The van der Waals surface area contributed by atoms with Gasteiger partial charge < -0.3 is 10.2 Å². The van der Waals surface area contributed by atoms with Crippen LogP contribution in [0.2, 0.25) is 0 Å². The molecule has 9 nitrogen and oxygen atoms in total. The molecular weight excluding hydrogens is 427 g/mol. The van der Waals surface area contributed by atoms with Crippen molar-refractivity contribution in [2.24, 2.45) is 0 Å². The molecule has 2 aromatic carbocycles. The van der Waals surface area contributed by atoms with Crippen molar-refractivity contribution in [3.05, 3.63) is 84.1 Å². The van der Waals surface area contributed by atoms with E-state index in [0.717, 1.165) is 11.1 Å². The predicted molar refractivity (Wildman–Crippen MR) is 117 cm³/mol. The van der Waals surface area contributed by atoms with Crippen molar-refractivity contribution in [2.45, 2.75) is 13.0 Å². The maximum atomic E-state index is 14.1. The molecule has 0 bridgehead atoms. The van der Waals surface area contributed by atoms with Crippen LogP contribution in [0.15, 0.2) is 67.1 Å². The number of aromatic nitrogens is 6. The van der Waals surface area contributed by atoms with Crippen LogP contribution in [0.4, 0.5) is 4.39 Å². The van der Waals surface area contributed by atoms with Gasteiger partial charge in [0.15, 0.2) is 0 Å². The summed E-state index contributed by atoms with van der Waals surface area (Å²) < 4.78 is 16.8. The fourth-order valence-electron chi connectivity index (χ4n) is 3.65. The van der Waals surface area contributed by atoms with Gasteiger partial charge in [-0.25, -0.2) is 18.9 Å². The van der Waals surface area contributed by atoms with Gasteiger partial charge in [0.2, 0.25) is 5.88 Å². The van der Waals surface area contributed by atoms with Crippen LogP contribution in [0.1, 0.15) is 28.9 Å². The highest BCUT2D eigenvalue weighted by molar-refractivity contribution is 5.87. The molecule has 0 amide bonds. The minimum Gasteiger partial charge on any atom is -0.492 e. The Balaban J connectivity index is 1.48. The second-order valence-corrected chi connectivity index (χ2v) is 7.43. The third-order valence-electron chi connectivity index (χ3n) is 5.39. The first-order chi connectivity index (χ1) is 15.9. The number of rotatable bonds is 5. The van der Waals surface area contributed by atoms with Gasteiger partial charge in [0.25, 0.3) is 5.95 Å². The summed E-state index contributed by atoms with van der Waals surface area (Å²) in [6.07, 6.45) is 3.92. The Morgan fingerprint density at radius 3 is 2.48 bits per heavy atom. The van der Waals surface area contributed by atoms with Crippen LogP contribution in [-0.4, -0.2) is 45.7 Å². The topological polar surface area (TPSA) is 119 Å². The van der Waals surface area contributed by atoms with Crippen LogP contribution in [0.3, 0.4) is 0 Å². The van der Waals surface area contributed by atoms with E-state index in [0.29, 0.717) is 16.6 Å². The monoisotopic (exact) mass is 444 g/mol. The molecule has 164 valence electrons.